The molecular weight excluding hydrogens is 332 g/mol. The number of nitrogens with zero attached hydrogens (tertiary/aromatic N) is 2. The molecule has 1 unspecified atom stereocenters. The lowest BCUT2D eigenvalue weighted by atomic mass is 10.0. The van der Waals surface area contributed by atoms with Crippen molar-refractivity contribution in [3.63, 3.8) is 0 Å². The van der Waals surface area contributed by atoms with E-state index in [0.717, 1.165) is 12.0 Å². The van der Waals surface area contributed by atoms with Crippen LogP contribution in [0.25, 0.3) is 0 Å². The molecule has 0 aliphatic carbocycles. The third kappa shape index (κ3) is 2.05. The fourth-order valence-electron chi connectivity index (χ4n) is 3.89. The number of amides is 2. The summed E-state index contributed by atoms with van der Waals surface area (Å²) in [6, 6.07) is 10.9. The Hall–Kier alpha value is -3.02. The van der Waals surface area contributed by atoms with Gasteiger partial charge in [0.1, 0.15) is 6.17 Å². The highest BCUT2D eigenvalue weighted by atomic mass is 16.5. The number of ether oxygens (including phenoxy) is 2. The molecule has 0 N–H and O–H groups in total. The second kappa shape index (κ2) is 6.05. The standard InChI is InChI=1S/C20H20N2O4/c1-4-11-21-18-13-9-10-15(25-2)17(26-3)16(13)20(24)22(18)14-8-6-5-7-12(14)19(21)23/h5-10,18H,4,11H2,1-3H3. The monoisotopic (exact) mass is 352 g/mol. The van der Waals surface area contributed by atoms with E-state index in [2.05, 4.69) is 0 Å². The van der Waals surface area contributed by atoms with E-state index in [4.69, 9.17) is 9.47 Å². The van der Waals surface area contributed by atoms with Gasteiger partial charge in [0.15, 0.2) is 11.5 Å². The maximum atomic E-state index is 13.4. The number of fused-ring (bicyclic) bond motifs is 5. The van der Waals surface area contributed by atoms with Gasteiger partial charge in [-0.15, -0.1) is 0 Å². The molecular formula is C20H20N2O4. The van der Waals surface area contributed by atoms with Crippen LogP contribution in [0.1, 0.15) is 45.8 Å². The third-order valence-corrected chi connectivity index (χ3v) is 4.95. The number of carbonyl (C=O) groups excluding carboxylic acids is 2. The fraction of sp³-hybridized carbons (Fsp3) is 0.300. The Morgan fingerprint density at radius 3 is 2.46 bits per heavy atom. The maximum absolute atomic E-state index is 13.4. The Kier molecular flexibility index (Phi) is 3.83. The summed E-state index contributed by atoms with van der Waals surface area (Å²) in [6.45, 7) is 2.58. The molecule has 2 heterocycles. The van der Waals surface area contributed by atoms with Gasteiger partial charge in [-0.05, 0) is 24.6 Å². The van der Waals surface area contributed by atoms with Gasteiger partial charge in [-0.1, -0.05) is 25.1 Å². The first kappa shape index (κ1) is 16.4. The van der Waals surface area contributed by atoms with Gasteiger partial charge in [0, 0.05) is 12.1 Å². The highest BCUT2D eigenvalue weighted by Crippen LogP contribution is 2.49. The van der Waals surface area contributed by atoms with E-state index in [1.165, 1.54) is 7.11 Å². The lowest BCUT2D eigenvalue weighted by molar-refractivity contribution is 0.0647. The molecule has 0 spiro atoms. The average Bonchev–Trinajstić information content (AvgIpc) is 2.97. The molecule has 1 atom stereocenters. The summed E-state index contributed by atoms with van der Waals surface area (Å²) in [5, 5.41) is 0. The minimum atomic E-state index is -0.459. The molecule has 6 nitrogen and oxygen atoms in total. The molecule has 0 radical (unpaired) electrons. The number of para-hydroxylation sites is 1. The van der Waals surface area contributed by atoms with Crippen LogP contribution in [0.4, 0.5) is 5.69 Å². The summed E-state index contributed by atoms with van der Waals surface area (Å²) in [5.74, 6) is 0.674. The molecule has 6 heteroatoms. The molecule has 0 aromatic heterocycles. The van der Waals surface area contributed by atoms with Gasteiger partial charge in [0.05, 0.1) is 31.0 Å². The predicted octanol–water partition coefficient (Wildman–Crippen LogP) is 3.23. The number of anilines is 1. The summed E-state index contributed by atoms with van der Waals surface area (Å²) in [4.78, 5) is 29.9. The van der Waals surface area contributed by atoms with Gasteiger partial charge in [0.25, 0.3) is 11.8 Å². The van der Waals surface area contributed by atoms with E-state index in [9.17, 15) is 9.59 Å². The summed E-state index contributed by atoms with van der Waals surface area (Å²) in [6.07, 6.45) is 0.342. The van der Waals surface area contributed by atoms with Crippen LogP contribution in [0.15, 0.2) is 36.4 Å². The van der Waals surface area contributed by atoms with Crippen molar-refractivity contribution in [2.24, 2.45) is 0 Å². The summed E-state index contributed by atoms with van der Waals surface area (Å²) >= 11 is 0. The van der Waals surface area contributed by atoms with Gasteiger partial charge in [-0.2, -0.15) is 0 Å². The van der Waals surface area contributed by atoms with Crippen molar-refractivity contribution in [2.75, 3.05) is 25.7 Å². The van der Waals surface area contributed by atoms with Crippen LogP contribution in [0.2, 0.25) is 0 Å². The first-order valence-electron chi connectivity index (χ1n) is 8.62. The fourth-order valence-corrected chi connectivity index (χ4v) is 3.89. The summed E-state index contributed by atoms with van der Waals surface area (Å²) in [5.41, 5.74) is 2.41. The van der Waals surface area contributed by atoms with Crippen LogP contribution in [0.3, 0.4) is 0 Å². The number of carbonyl (C=O) groups is 2. The van der Waals surface area contributed by atoms with Crippen molar-refractivity contribution >= 4 is 17.5 Å². The Morgan fingerprint density at radius 2 is 1.77 bits per heavy atom. The zero-order valence-corrected chi connectivity index (χ0v) is 15.0. The van der Waals surface area contributed by atoms with Gasteiger partial charge in [-0.25, -0.2) is 0 Å². The maximum Gasteiger partial charge on any atom is 0.264 e. The molecule has 2 aromatic rings. The van der Waals surface area contributed by atoms with Crippen LogP contribution >= 0.6 is 0 Å². The summed E-state index contributed by atoms with van der Waals surface area (Å²) in [7, 11) is 3.06. The topological polar surface area (TPSA) is 59.1 Å². The van der Waals surface area contributed by atoms with Crippen LogP contribution < -0.4 is 14.4 Å². The van der Waals surface area contributed by atoms with Crippen LogP contribution in [-0.2, 0) is 0 Å². The number of hydrogen-bond acceptors (Lipinski definition) is 4. The molecule has 0 fully saturated rings. The van der Waals surface area contributed by atoms with E-state index in [0.29, 0.717) is 34.9 Å². The van der Waals surface area contributed by atoms with E-state index in [1.807, 2.05) is 31.2 Å². The normalized spacial score (nSPS) is 17.7. The second-order valence-electron chi connectivity index (χ2n) is 6.33. The molecule has 2 amide bonds. The first-order valence-corrected chi connectivity index (χ1v) is 8.62. The zero-order valence-electron chi connectivity index (χ0n) is 15.0. The lowest BCUT2D eigenvalue weighted by Crippen LogP contribution is -2.48. The SMILES string of the molecule is CCCN1C(=O)c2ccccc2N2C(=O)c3c(ccc(OC)c3OC)C12. The predicted molar refractivity (Wildman–Crippen MR) is 96.9 cm³/mol. The number of methoxy groups -OCH3 is 2. The molecule has 0 saturated heterocycles. The van der Waals surface area contributed by atoms with E-state index in [1.54, 1.807) is 29.0 Å². The molecule has 2 aliphatic heterocycles. The molecule has 2 aromatic carbocycles. The Balaban J connectivity index is 1.98. The Morgan fingerprint density at radius 1 is 1.00 bits per heavy atom. The highest BCUT2D eigenvalue weighted by molar-refractivity contribution is 6.18. The number of rotatable bonds is 4. The second-order valence-corrected chi connectivity index (χ2v) is 6.33. The average molecular weight is 352 g/mol. The zero-order chi connectivity index (χ0) is 18.4. The first-order chi connectivity index (χ1) is 12.6. The highest BCUT2D eigenvalue weighted by Gasteiger charge is 2.49. The van der Waals surface area contributed by atoms with Crippen molar-refractivity contribution in [1.82, 2.24) is 4.90 Å². The minimum absolute atomic E-state index is 0.0564. The molecule has 134 valence electrons. The minimum Gasteiger partial charge on any atom is -0.493 e. The van der Waals surface area contributed by atoms with Crippen LogP contribution in [0.5, 0.6) is 11.5 Å². The Labute approximate surface area is 151 Å². The van der Waals surface area contributed by atoms with Crippen molar-refractivity contribution in [3.8, 4) is 11.5 Å². The lowest BCUT2D eigenvalue weighted by Gasteiger charge is -2.40. The summed E-state index contributed by atoms with van der Waals surface area (Å²) < 4.78 is 10.8. The van der Waals surface area contributed by atoms with E-state index >= 15 is 0 Å². The van der Waals surface area contributed by atoms with Crippen molar-refractivity contribution in [2.45, 2.75) is 19.5 Å². The smallest absolute Gasteiger partial charge is 0.264 e. The van der Waals surface area contributed by atoms with E-state index in [-0.39, 0.29) is 11.8 Å². The molecule has 0 saturated carbocycles. The van der Waals surface area contributed by atoms with Crippen LogP contribution in [0, 0.1) is 0 Å². The van der Waals surface area contributed by atoms with Gasteiger partial charge in [-0.3, -0.25) is 14.5 Å². The molecule has 0 bridgehead atoms. The number of hydrogen-bond donors (Lipinski definition) is 0. The van der Waals surface area contributed by atoms with Crippen LogP contribution in [-0.4, -0.2) is 37.5 Å². The van der Waals surface area contributed by atoms with Gasteiger partial charge in [0.2, 0.25) is 0 Å². The molecule has 26 heavy (non-hydrogen) atoms. The van der Waals surface area contributed by atoms with Gasteiger partial charge >= 0.3 is 0 Å². The largest absolute Gasteiger partial charge is 0.493 e. The van der Waals surface area contributed by atoms with Crippen molar-refractivity contribution in [1.29, 1.82) is 0 Å². The van der Waals surface area contributed by atoms with E-state index < -0.39 is 6.17 Å². The van der Waals surface area contributed by atoms with Crippen molar-refractivity contribution < 1.29 is 19.1 Å². The van der Waals surface area contributed by atoms with Crippen molar-refractivity contribution in [3.05, 3.63) is 53.1 Å². The molecule has 4 rings (SSSR count). The quantitative estimate of drug-likeness (QED) is 0.848. The molecule has 2 aliphatic rings. The third-order valence-electron chi connectivity index (χ3n) is 4.95. The Bertz CT molecular complexity index is 909. The number of benzene rings is 2. The van der Waals surface area contributed by atoms with Gasteiger partial charge < -0.3 is 14.4 Å².